The number of aliphatic hydroxyl groups is 2. The van der Waals surface area contributed by atoms with Crippen LogP contribution in [0.15, 0.2) is 23.8 Å². The molecule has 0 saturated heterocycles. The third-order valence-electron chi connectivity index (χ3n) is 9.53. The number of thioether (sulfide) groups is 1. The van der Waals surface area contributed by atoms with Crippen molar-refractivity contribution in [3.63, 3.8) is 0 Å². The Morgan fingerprint density at radius 3 is 2.67 bits per heavy atom. The molecule has 4 rings (SSSR count). The number of rotatable bonds is 4. The van der Waals surface area contributed by atoms with E-state index in [4.69, 9.17) is 9.84 Å². The summed E-state index contributed by atoms with van der Waals surface area (Å²) in [6.45, 7) is 6.82. The van der Waals surface area contributed by atoms with Crippen molar-refractivity contribution >= 4 is 28.6 Å². The molecule has 196 valence electrons. The first-order valence-electron chi connectivity index (χ1n) is 12.7. The van der Waals surface area contributed by atoms with E-state index in [2.05, 4.69) is 11.8 Å². The van der Waals surface area contributed by atoms with Gasteiger partial charge in [-0.2, -0.15) is 0 Å². The van der Waals surface area contributed by atoms with Gasteiger partial charge in [-0.1, -0.05) is 56.0 Å². The molecule has 0 spiro atoms. The van der Waals surface area contributed by atoms with Gasteiger partial charge in [-0.05, 0) is 50.7 Å². The molecule has 3 fully saturated rings. The molecule has 2 N–H and O–H groups in total. The van der Waals surface area contributed by atoms with E-state index in [1.807, 2.05) is 13.8 Å². The lowest BCUT2D eigenvalue weighted by Gasteiger charge is -2.62. The quantitative estimate of drug-likeness (QED) is 0.434. The van der Waals surface area contributed by atoms with Crippen molar-refractivity contribution in [2.24, 2.45) is 28.6 Å². The van der Waals surface area contributed by atoms with Crippen molar-refractivity contribution in [2.45, 2.75) is 77.2 Å². The number of ether oxygens (including phenoxy) is 1. The number of hydrogen-bond acceptors (Lipinski definition) is 7. The standard InChI is InChI=1S/C28H35FO6S/c1-5-23(33)35-28(24(34)36-13-7-6-12-30)17(2)14-21-20-9-8-18-15-19(31)10-11-25(18,3)27(20,29)22(32)16-26(21,28)4/h10-11,15,17,20-22,30,32H,5,8-9,12-14,16H2,1-4H3/t17-,20-,21-,22-,25-,26-,27-,28-/m0/s1. The van der Waals surface area contributed by atoms with Crippen LogP contribution in [-0.2, 0) is 19.1 Å². The molecule has 0 aromatic carbocycles. The normalized spacial score (nSPS) is 42.9. The van der Waals surface area contributed by atoms with Crippen LogP contribution in [0, 0.1) is 40.4 Å². The minimum Gasteiger partial charge on any atom is -0.449 e. The third kappa shape index (κ3) is 3.57. The minimum atomic E-state index is -2.02. The van der Waals surface area contributed by atoms with Gasteiger partial charge in [0.2, 0.25) is 5.12 Å². The van der Waals surface area contributed by atoms with Gasteiger partial charge in [-0.15, -0.1) is 0 Å². The maximum absolute atomic E-state index is 17.4. The molecule has 0 unspecified atom stereocenters. The van der Waals surface area contributed by atoms with Crippen LogP contribution < -0.4 is 0 Å². The molecule has 0 aliphatic heterocycles. The molecule has 8 atom stereocenters. The van der Waals surface area contributed by atoms with Gasteiger partial charge in [-0.25, -0.2) is 4.39 Å². The van der Waals surface area contributed by atoms with E-state index in [1.165, 1.54) is 12.2 Å². The molecule has 0 amide bonds. The highest BCUT2D eigenvalue weighted by atomic mass is 32.2. The molecule has 8 heteroatoms. The highest BCUT2D eigenvalue weighted by Gasteiger charge is 2.77. The lowest BCUT2D eigenvalue weighted by Crippen LogP contribution is -2.69. The van der Waals surface area contributed by atoms with Crippen LogP contribution in [0.25, 0.3) is 0 Å². The third-order valence-corrected chi connectivity index (χ3v) is 10.4. The van der Waals surface area contributed by atoms with E-state index in [-0.39, 0.29) is 42.0 Å². The molecule has 3 saturated carbocycles. The summed E-state index contributed by atoms with van der Waals surface area (Å²) in [4.78, 5) is 38.6. The second-order valence-corrected chi connectivity index (χ2v) is 12.0. The van der Waals surface area contributed by atoms with Crippen molar-refractivity contribution in [1.29, 1.82) is 0 Å². The molecule has 4 aliphatic rings. The van der Waals surface area contributed by atoms with E-state index in [9.17, 15) is 19.5 Å². The fourth-order valence-electron chi connectivity index (χ4n) is 7.79. The monoisotopic (exact) mass is 518 g/mol. The number of carbonyl (C=O) groups is 3. The smallest absolute Gasteiger partial charge is 0.306 e. The molecule has 0 bridgehead atoms. The number of hydrogen-bond donors (Lipinski definition) is 2. The fraction of sp³-hybridized carbons (Fsp3) is 0.679. The van der Waals surface area contributed by atoms with Gasteiger partial charge in [0.25, 0.3) is 0 Å². The van der Waals surface area contributed by atoms with Gasteiger partial charge in [0.1, 0.15) is 6.61 Å². The van der Waals surface area contributed by atoms with E-state index in [1.54, 1.807) is 19.9 Å². The average molecular weight is 519 g/mol. The van der Waals surface area contributed by atoms with Gasteiger partial charge in [0.15, 0.2) is 17.1 Å². The number of allylic oxidation sites excluding steroid dienone is 4. The van der Waals surface area contributed by atoms with E-state index >= 15 is 4.39 Å². The second-order valence-electron chi connectivity index (χ2n) is 11.1. The lowest BCUT2D eigenvalue weighted by atomic mass is 9.45. The molecular weight excluding hydrogens is 483 g/mol. The summed E-state index contributed by atoms with van der Waals surface area (Å²) in [6.07, 6.45) is 4.53. The summed E-state index contributed by atoms with van der Waals surface area (Å²) < 4.78 is 23.4. The molecule has 0 heterocycles. The zero-order valence-corrected chi connectivity index (χ0v) is 22.1. The van der Waals surface area contributed by atoms with Gasteiger partial charge >= 0.3 is 5.97 Å². The molecule has 6 nitrogen and oxygen atoms in total. The zero-order chi connectivity index (χ0) is 26.5. The summed E-state index contributed by atoms with van der Waals surface area (Å²) in [5.74, 6) is 3.39. The van der Waals surface area contributed by atoms with E-state index in [0.717, 1.165) is 11.8 Å². The molecule has 0 aromatic rings. The Morgan fingerprint density at radius 2 is 2.00 bits per heavy atom. The fourth-order valence-corrected chi connectivity index (χ4v) is 8.79. The SMILES string of the molecule is CCC(=O)O[C@]1(C(=O)SCC#CCO)[C@@H](C)C[C@H]2[C@@H]3CCC4=CC(=O)C=C[C@]4(C)[C@@]3(F)[C@@H](O)C[C@@]21C. The summed E-state index contributed by atoms with van der Waals surface area (Å²) >= 11 is 0.936. The van der Waals surface area contributed by atoms with Crippen molar-refractivity contribution < 1.29 is 33.7 Å². The first kappa shape index (κ1) is 27.1. The number of aliphatic hydroxyl groups excluding tert-OH is 2. The zero-order valence-electron chi connectivity index (χ0n) is 21.3. The number of halogens is 1. The number of carbonyl (C=O) groups excluding carboxylic acids is 3. The predicted octanol–water partition coefficient (Wildman–Crippen LogP) is 3.55. The van der Waals surface area contributed by atoms with Crippen molar-refractivity contribution in [2.75, 3.05) is 12.4 Å². The number of esters is 1. The Balaban J connectivity index is 1.79. The van der Waals surface area contributed by atoms with Crippen LogP contribution in [0.4, 0.5) is 4.39 Å². The predicted molar refractivity (Wildman–Crippen MR) is 134 cm³/mol. The number of fused-ring (bicyclic) bond motifs is 5. The minimum absolute atomic E-state index is 0.0503. The van der Waals surface area contributed by atoms with Crippen LogP contribution >= 0.6 is 11.8 Å². The maximum Gasteiger partial charge on any atom is 0.306 e. The van der Waals surface area contributed by atoms with Gasteiger partial charge in [0.05, 0.1) is 11.9 Å². The van der Waals surface area contributed by atoms with Crippen molar-refractivity contribution in [3.05, 3.63) is 23.8 Å². The molecular formula is C28H35FO6S. The van der Waals surface area contributed by atoms with Crippen LogP contribution in [0.1, 0.15) is 59.8 Å². The van der Waals surface area contributed by atoms with Crippen LogP contribution in [0.2, 0.25) is 0 Å². The number of ketones is 1. The van der Waals surface area contributed by atoms with Crippen molar-refractivity contribution in [1.82, 2.24) is 0 Å². The van der Waals surface area contributed by atoms with Gasteiger partial charge in [-0.3, -0.25) is 14.4 Å². The Kier molecular flexibility index (Phi) is 7.09. The maximum atomic E-state index is 17.4. The second kappa shape index (κ2) is 9.41. The molecule has 0 radical (unpaired) electrons. The summed E-state index contributed by atoms with van der Waals surface area (Å²) in [6, 6.07) is 0. The van der Waals surface area contributed by atoms with E-state index in [0.29, 0.717) is 24.8 Å². The average Bonchev–Trinajstić information content (AvgIpc) is 3.05. The Morgan fingerprint density at radius 1 is 1.28 bits per heavy atom. The van der Waals surface area contributed by atoms with Gasteiger partial charge < -0.3 is 14.9 Å². The summed E-state index contributed by atoms with van der Waals surface area (Å²) in [5, 5.41) is 20.1. The van der Waals surface area contributed by atoms with Crippen LogP contribution in [-0.4, -0.2) is 56.8 Å². The Hall–Kier alpha value is -1.95. The van der Waals surface area contributed by atoms with Crippen LogP contribution in [0.3, 0.4) is 0 Å². The Labute approximate surface area is 216 Å². The molecule has 36 heavy (non-hydrogen) atoms. The van der Waals surface area contributed by atoms with Crippen LogP contribution in [0.5, 0.6) is 0 Å². The van der Waals surface area contributed by atoms with Crippen molar-refractivity contribution in [3.8, 4) is 11.8 Å². The highest BCUT2D eigenvalue weighted by molar-refractivity contribution is 8.14. The highest BCUT2D eigenvalue weighted by Crippen LogP contribution is 2.71. The Bertz CT molecular complexity index is 1090. The topological polar surface area (TPSA) is 101 Å². The largest absolute Gasteiger partial charge is 0.449 e. The summed E-state index contributed by atoms with van der Waals surface area (Å²) in [5.41, 5.74) is -4.98. The lowest BCUT2D eigenvalue weighted by molar-refractivity contribution is -0.225. The first-order chi connectivity index (χ1) is 16.9. The summed E-state index contributed by atoms with van der Waals surface area (Å²) in [7, 11) is 0. The first-order valence-corrected chi connectivity index (χ1v) is 13.7. The van der Waals surface area contributed by atoms with E-state index < -0.39 is 46.0 Å². The molecule has 0 aromatic heterocycles. The van der Waals surface area contributed by atoms with Gasteiger partial charge in [0, 0.05) is 29.1 Å². The number of alkyl halides is 1. The molecule has 4 aliphatic carbocycles.